The molecule has 0 aliphatic rings. The minimum Gasteiger partial charge on any atom is -0.357 e. The lowest BCUT2D eigenvalue weighted by atomic mass is 10.1. The summed E-state index contributed by atoms with van der Waals surface area (Å²) in [4.78, 5) is 21.1. The summed E-state index contributed by atoms with van der Waals surface area (Å²) in [6.07, 6.45) is 1.65. The lowest BCUT2D eigenvalue weighted by Crippen LogP contribution is -2.20. The molecule has 2 aromatic heterocycles. The zero-order valence-electron chi connectivity index (χ0n) is 11.9. The van der Waals surface area contributed by atoms with Crippen LogP contribution in [0.15, 0.2) is 35.3 Å². The van der Waals surface area contributed by atoms with Crippen LogP contribution in [-0.2, 0) is 7.05 Å². The molecule has 0 spiro atoms. The maximum Gasteiger partial charge on any atom is 0.259 e. The lowest BCUT2D eigenvalue weighted by Gasteiger charge is -2.11. The number of aromatic nitrogens is 3. The van der Waals surface area contributed by atoms with Crippen LogP contribution in [0.2, 0.25) is 10.0 Å². The molecule has 0 saturated heterocycles. The predicted octanol–water partition coefficient (Wildman–Crippen LogP) is 3.34. The van der Waals surface area contributed by atoms with Crippen LogP contribution >= 0.6 is 23.2 Å². The smallest absolute Gasteiger partial charge is 0.259 e. The van der Waals surface area contributed by atoms with E-state index in [1.807, 2.05) is 0 Å². The molecule has 0 amide bonds. The molecule has 0 unspecified atom stereocenters. The fraction of sp³-hybridized carbons (Fsp3) is 0.133. The number of benzene rings is 1. The monoisotopic (exact) mass is 334 g/mol. The van der Waals surface area contributed by atoms with Gasteiger partial charge in [0.2, 0.25) is 5.95 Å². The third kappa shape index (κ3) is 2.32. The van der Waals surface area contributed by atoms with Crippen molar-refractivity contribution in [3.8, 4) is 11.1 Å². The van der Waals surface area contributed by atoms with E-state index in [4.69, 9.17) is 23.2 Å². The highest BCUT2D eigenvalue weighted by atomic mass is 35.5. The van der Waals surface area contributed by atoms with Crippen LogP contribution in [0.4, 0.5) is 5.95 Å². The number of rotatable bonds is 2. The Bertz CT molecular complexity index is 916. The van der Waals surface area contributed by atoms with Crippen molar-refractivity contribution in [2.45, 2.75) is 0 Å². The first kappa shape index (κ1) is 14.8. The topological polar surface area (TPSA) is 59.8 Å². The summed E-state index contributed by atoms with van der Waals surface area (Å²) >= 11 is 12.4. The summed E-state index contributed by atoms with van der Waals surface area (Å²) in [6.45, 7) is 0. The largest absolute Gasteiger partial charge is 0.357 e. The van der Waals surface area contributed by atoms with Crippen LogP contribution in [0.3, 0.4) is 0 Å². The number of nitrogens with one attached hydrogen (secondary N) is 1. The van der Waals surface area contributed by atoms with Crippen LogP contribution in [0.25, 0.3) is 22.2 Å². The number of anilines is 1. The van der Waals surface area contributed by atoms with Gasteiger partial charge < -0.3 is 5.32 Å². The molecule has 0 aliphatic heterocycles. The molecule has 112 valence electrons. The Hall–Kier alpha value is -2.11. The Morgan fingerprint density at radius 1 is 1.23 bits per heavy atom. The summed E-state index contributed by atoms with van der Waals surface area (Å²) in [5.74, 6) is 0.450. The Kier molecular flexibility index (Phi) is 3.76. The van der Waals surface area contributed by atoms with Crippen molar-refractivity contribution in [1.29, 1.82) is 0 Å². The second-order valence-electron chi connectivity index (χ2n) is 4.74. The average molecular weight is 335 g/mol. The van der Waals surface area contributed by atoms with E-state index in [1.54, 1.807) is 44.6 Å². The fourth-order valence-electron chi connectivity index (χ4n) is 2.30. The number of aryl methyl sites for hydroxylation is 1. The summed E-state index contributed by atoms with van der Waals surface area (Å²) < 4.78 is 1.47. The van der Waals surface area contributed by atoms with Crippen molar-refractivity contribution in [2.75, 3.05) is 12.4 Å². The van der Waals surface area contributed by atoms with Crippen molar-refractivity contribution in [1.82, 2.24) is 14.5 Å². The van der Waals surface area contributed by atoms with Crippen molar-refractivity contribution in [2.24, 2.45) is 7.05 Å². The highest BCUT2D eigenvalue weighted by molar-refractivity contribution is 6.39. The molecule has 7 heteroatoms. The van der Waals surface area contributed by atoms with E-state index < -0.39 is 0 Å². The molecule has 0 bridgehead atoms. The molecule has 0 atom stereocenters. The van der Waals surface area contributed by atoms with Gasteiger partial charge in [-0.2, -0.15) is 4.98 Å². The molecular formula is C15H12Cl2N4O. The Morgan fingerprint density at radius 2 is 1.91 bits per heavy atom. The van der Waals surface area contributed by atoms with Crippen LogP contribution < -0.4 is 10.9 Å². The van der Waals surface area contributed by atoms with Gasteiger partial charge in [-0.15, -0.1) is 0 Å². The second-order valence-corrected chi connectivity index (χ2v) is 5.56. The van der Waals surface area contributed by atoms with E-state index >= 15 is 0 Å². The molecule has 0 radical (unpaired) electrons. The van der Waals surface area contributed by atoms with Gasteiger partial charge in [0.1, 0.15) is 5.65 Å². The first-order chi connectivity index (χ1) is 10.5. The highest BCUT2D eigenvalue weighted by Crippen LogP contribution is 2.33. The van der Waals surface area contributed by atoms with E-state index in [1.165, 1.54) is 4.57 Å². The van der Waals surface area contributed by atoms with Crippen LogP contribution in [0, 0.1) is 0 Å². The third-order valence-electron chi connectivity index (χ3n) is 3.40. The van der Waals surface area contributed by atoms with Gasteiger partial charge in [-0.05, 0) is 18.2 Å². The molecule has 3 aromatic rings. The fourth-order valence-corrected chi connectivity index (χ4v) is 2.90. The number of halogens is 2. The van der Waals surface area contributed by atoms with Gasteiger partial charge in [-0.3, -0.25) is 9.36 Å². The summed E-state index contributed by atoms with van der Waals surface area (Å²) in [5, 5.41) is 4.43. The maximum atomic E-state index is 12.7. The standard InChI is InChI=1S/C15H12Cl2N4O/c1-18-15-19-7-8-6-9(14(22)21(2)13(8)20-15)12-10(16)4-3-5-11(12)17/h3-7H,1-2H3,(H,18,19,20). The molecule has 0 aliphatic carbocycles. The number of hydrogen-bond donors (Lipinski definition) is 1. The SMILES string of the molecule is CNc1ncc2cc(-c3c(Cl)cccc3Cl)c(=O)n(C)c2n1. The zero-order chi connectivity index (χ0) is 15.9. The molecule has 5 nitrogen and oxygen atoms in total. The van der Waals surface area contributed by atoms with Crippen molar-refractivity contribution >= 4 is 40.2 Å². The van der Waals surface area contributed by atoms with Gasteiger partial charge >= 0.3 is 0 Å². The molecule has 1 N–H and O–H groups in total. The molecule has 0 saturated carbocycles. The minimum atomic E-state index is -0.219. The quantitative estimate of drug-likeness (QED) is 0.780. The predicted molar refractivity (Wildman–Crippen MR) is 89.8 cm³/mol. The van der Waals surface area contributed by atoms with Gasteiger partial charge in [0.15, 0.2) is 0 Å². The average Bonchev–Trinajstić information content (AvgIpc) is 2.51. The van der Waals surface area contributed by atoms with Crippen LogP contribution in [0.5, 0.6) is 0 Å². The van der Waals surface area contributed by atoms with E-state index in [9.17, 15) is 4.79 Å². The molecule has 3 rings (SSSR count). The summed E-state index contributed by atoms with van der Waals surface area (Å²) in [6, 6.07) is 6.85. The van der Waals surface area contributed by atoms with Gasteiger partial charge in [0, 0.05) is 31.2 Å². The number of nitrogens with zero attached hydrogens (tertiary/aromatic N) is 3. The third-order valence-corrected chi connectivity index (χ3v) is 4.03. The molecule has 2 heterocycles. The van der Waals surface area contributed by atoms with Crippen LogP contribution in [-0.4, -0.2) is 21.6 Å². The molecule has 22 heavy (non-hydrogen) atoms. The summed E-state index contributed by atoms with van der Waals surface area (Å²) in [5.41, 5.74) is 1.26. The maximum absolute atomic E-state index is 12.7. The zero-order valence-corrected chi connectivity index (χ0v) is 13.4. The van der Waals surface area contributed by atoms with E-state index in [0.29, 0.717) is 32.8 Å². The van der Waals surface area contributed by atoms with Gasteiger partial charge in [-0.25, -0.2) is 4.98 Å². The van der Waals surface area contributed by atoms with Gasteiger partial charge in [0.05, 0.1) is 15.6 Å². The first-order valence-electron chi connectivity index (χ1n) is 6.52. The Balaban J connectivity index is 2.38. The minimum absolute atomic E-state index is 0.219. The normalized spacial score (nSPS) is 10.9. The number of pyridine rings is 1. The lowest BCUT2D eigenvalue weighted by molar-refractivity contribution is 0.886. The van der Waals surface area contributed by atoms with Crippen molar-refractivity contribution < 1.29 is 0 Å². The Labute approximate surface area is 136 Å². The van der Waals surface area contributed by atoms with Gasteiger partial charge in [0.25, 0.3) is 5.56 Å². The Morgan fingerprint density at radius 3 is 2.55 bits per heavy atom. The number of hydrogen-bond acceptors (Lipinski definition) is 4. The second kappa shape index (κ2) is 5.59. The summed E-state index contributed by atoms with van der Waals surface area (Å²) in [7, 11) is 3.38. The molecule has 0 fully saturated rings. The van der Waals surface area contributed by atoms with Crippen LogP contribution in [0.1, 0.15) is 0 Å². The van der Waals surface area contributed by atoms with Crippen molar-refractivity contribution in [3.05, 3.63) is 50.9 Å². The molecular weight excluding hydrogens is 323 g/mol. The highest BCUT2D eigenvalue weighted by Gasteiger charge is 2.15. The number of fused-ring (bicyclic) bond motifs is 1. The van der Waals surface area contributed by atoms with Gasteiger partial charge in [-0.1, -0.05) is 29.3 Å². The molecule has 1 aromatic carbocycles. The van der Waals surface area contributed by atoms with E-state index in [-0.39, 0.29) is 5.56 Å². The van der Waals surface area contributed by atoms with E-state index in [2.05, 4.69) is 15.3 Å². The van der Waals surface area contributed by atoms with Crippen molar-refractivity contribution in [3.63, 3.8) is 0 Å². The first-order valence-corrected chi connectivity index (χ1v) is 7.27. The van der Waals surface area contributed by atoms with E-state index in [0.717, 1.165) is 5.39 Å².